The molecule has 0 spiro atoms. The summed E-state index contributed by atoms with van der Waals surface area (Å²) in [6, 6.07) is 5.69. The Labute approximate surface area is 160 Å². The molecule has 1 heterocycles. The number of anilines is 1. The molecule has 1 aromatic heterocycles. The first-order valence-corrected chi connectivity index (χ1v) is 10.9. The molecular weight excluding hydrogens is 420 g/mol. The van der Waals surface area contributed by atoms with Gasteiger partial charge in [0.05, 0.1) is 15.1 Å². The fourth-order valence-electron chi connectivity index (χ4n) is 2.98. The van der Waals surface area contributed by atoms with E-state index in [1.165, 1.54) is 11.3 Å². The normalized spacial score (nSPS) is 11.9. The summed E-state index contributed by atoms with van der Waals surface area (Å²) < 4.78 is 30.6. The Bertz CT molecular complexity index is 1070. The number of nitrogens with one attached hydrogen (secondary N) is 1. The highest BCUT2D eigenvalue weighted by Gasteiger charge is 2.24. The zero-order chi connectivity index (χ0) is 18.5. The van der Waals surface area contributed by atoms with Crippen molar-refractivity contribution in [2.45, 2.75) is 39.5 Å². The van der Waals surface area contributed by atoms with Gasteiger partial charge in [-0.15, -0.1) is 0 Å². The molecule has 7 heteroatoms. The van der Waals surface area contributed by atoms with Crippen LogP contribution in [0.1, 0.15) is 27.8 Å². The third-order valence-corrected chi connectivity index (χ3v) is 7.94. The first-order chi connectivity index (χ1) is 11.6. The Morgan fingerprint density at radius 1 is 0.960 bits per heavy atom. The first-order valence-electron chi connectivity index (χ1n) is 7.77. The van der Waals surface area contributed by atoms with Crippen LogP contribution in [0.4, 0.5) is 5.13 Å². The van der Waals surface area contributed by atoms with Gasteiger partial charge in [0.15, 0.2) is 5.13 Å². The van der Waals surface area contributed by atoms with E-state index in [1.54, 1.807) is 0 Å². The lowest BCUT2D eigenvalue weighted by Crippen LogP contribution is -2.17. The van der Waals surface area contributed by atoms with Crippen LogP contribution in [-0.2, 0) is 10.0 Å². The molecule has 0 aliphatic carbocycles. The molecule has 25 heavy (non-hydrogen) atoms. The predicted octanol–water partition coefficient (Wildman–Crippen LogP) is 5.40. The highest BCUT2D eigenvalue weighted by molar-refractivity contribution is 9.10. The van der Waals surface area contributed by atoms with E-state index in [0.29, 0.717) is 10.0 Å². The molecule has 3 aromatic rings. The molecule has 4 nitrogen and oxygen atoms in total. The van der Waals surface area contributed by atoms with Crippen molar-refractivity contribution < 1.29 is 8.42 Å². The zero-order valence-electron chi connectivity index (χ0n) is 14.7. The van der Waals surface area contributed by atoms with Crippen LogP contribution in [0.3, 0.4) is 0 Å². The van der Waals surface area contributed by atoms with Crippen LogP contribution in [0.2, 0.25) is 0 Å². The molecule has 0 unspecified atom stereocenters. The van der Waals surface area contributed by atoms with Crippen molar-refractivity contribution in [1.82, 2.24) is 4.98 Å². The van der Waals surface area contributed by atoms with Crippen molar-refractivity contribution in [2.24, 2.45) is 0 Å². The van der Waals surface area contributed by atoms with Gasteiger partial charge in [0.25, 0.3) is 10.0 Å². The number of nitrogens with zero attached hydrogens (tertiary/aromatic N) is 1. The van der Waals surface area contributed by atoms with Crippen molar-refractivity contribution in [2.75, 3.05) is 4.72 Å². The van der Waals surface area contributed by atoms with Crippen molar-refractivity contribution in [3.8, 4) is 0 Å². The second kappa shape index (κ2) is 6.37. The van der Waals surface area contributed by atoms with E-state index in [2.05, 4.69) is 25.6 Å². The summed E-state index contributed by atoms with van der Waals surface area (Å²) in [6.45, 7) is 9.67. The Balaban J connectivity index is 2.10. The SMILES string of the molecule is Cc1c(C)c(C)c(S(=O)(=O)Nc2nc3ccc(Br)cc3s2)c(C)c1C. The van der Waals surface area contributed by atoms with Gasteiger partial charge in [0.1, 0.15) is 0 Å². The van der Waals surface area contributed by atoms with Gasteiger partial charge in [-0.2, -0.15) is 0 Å². The number of hydrogen-bond acceptors (Lipinski definition) is 4. The molecule has 0 bridgehead atoms. The van der Waals surface area contributed by atoms with Gasteiger partial charge in [0.2, 0.25) is 0 Å². The van der Waals surface area contributed by atoms with E-state index in [9.17, 15) is 8.42 Å². The minimum Gasteiger partial charge on any atom is -0.255 e. The van der Waals surface area contributed by atoms with Crippen LogP contribution in [0.15, 0.2) is 27.6 Å². The topological polar surface area (TPSA) is 59.1 Å². The molecule has 3 rings (SSSR count). The summed E-state index contributed by atoms with van der Waals surface area (Å²) in [5.74, 6) is 0. The van der Waals surface area contributed by atoms with Gasteiger partial charge < -0.3 is 0 Å². The van der Waals surface area contributed by atoms with Crippen molar-refractivity contribution in [3.05, 3.63) is 50.5 Å². The van der Waals surface area contributed by atoms with E-state index in [0.717, 1.165) is 42.5 Å². The Morgan fingerprint density at radius 2 is 1.52 bits per heavy atom. The number of sulfonamides is 1. The van der Waals surface area contributed by atoms with E-state index < -0.39 is 10.0 Å². The summed E-state index contributed by atoms with van der Waals surface area (Å²) >= 11 is 4.75. The van der Waals surface area contributed by atoms with Crippen molar-refractivity contribution in [1.29, 1.82) is 0 Å². The molecule has 0 fully saturated rings. The lowest BCUT2D eigenvalue weighted by Gasteiger charge is -2.18. The van der Waals surface area contributed by atoms with Gasteiger partial charge in [0, 0.05) is 4.47 Å². The van der Waals surface area contributed by atoms with Crippen molar-refractivity contribution >= 4 is 52.6 Å². The van der Waals surface area contributed by atoms with Gasteiger partial charge >= 0.3 is 0 Å². The molecule has 0 aliphatic heterocycles. The number of benzene rings is 2. The molecule has 0 amide bonds. The molecule has 132 valence electrons. The predicted molar refractivity (Wildman–Crippen MR) is 108 cm³/mol. The molecule has 0 aliphatic rings. The highest BCUT2D eigenvalue weighted by atomic mass is 79.9. The standard InChI is InChI=1S/C18H19BrN2O2S2/c1-9-10(2)12(4)17(13(5)11(9)3)25(22,23)21-18-20-15-7-6-14(19)8-16(15)24-18/h6-8H,1-5H3,(H,20,21). The van der Waals surface area contributed by atoms with Crippen LogP contribution in [0, 0.1) is 34.6 Å². The third-order valence-electron chi connectivity index (χ3n) is 4.77. The van der Waals surface area contributed by atoms with Crippen LogP contribution < -0.4 is 4.72 Å². The molecule has 0 saturated carbocycles. The number of rotatable bonds is 3. The fourth-order valence-corrected chi connectivity index (χ4v) is 6.23. The molecular formula is C18H19BrN2O2S2. The maximum absolute atomic E-state index is 13.0. The summed E-state index contributed by atoms with van der Waals surface area (Å²) in [5.41, 5.74) is 5.51. The highest BCUT2D eigenvalue weighted by Crippen LogP contribution is 2.33. The summed E-state index contributed by atoms with van der Waals surface area (Å²) in [5, 5.41) is 0.378. The lowest BCUT2D eigenvalue weighted by atomic mass is 9.95. The van der Waals surface area contributed by atoms with Crippen LogP contribution in [-0.4, -0.2) is 13.4 Å². The Kier molecular flexibility index (Phi) is 4.68. The second-order valence-electron chi connectivity index (χ2n) is 6.19. The number of aromatic nitrogens is 1. The van der Waals surface area contributed by atoms with E-state index in [4.69, 9.17) is 0 Å². The largest absolute Gasteiger partial charge is 0.264 e. The van der Waals surface area contributed by atoms with Gasteiger partial charge in [-0.1, -0.05) is 27.3 Å². The molecule has 2 aromatic carbocycles. The zero-order valence-corrected chi connectivity index (χ0v) is 17.9. The summed E-state index contributed by atoms with van der Waals surface area (Å²) in [6.07, 6.45) is 0. The van der Waals surface area contributed by atoms with E-state index in [-0.39, 0.29) is 0 Å². The number of fused-ring (bicyclic) bond motifs is 1. The quantitative estimate of drug-likeness (QED) is 0.594. The third kappa shape index (κ3) is 3.20. The number of halogens is 1. The molecule has 1 N–H and O–H groups in total. The minimum atomic E-state index is -3.71. The average Bonchev–Trinajstić information content (AvgIpc) is 2.91. The van der Waals surface area contributed by atoms with Crippen LogP contribution in [0.25, 0.3) is 10.2 Å². The maximum Gasteiger partial charge on any atom is 0.264 e. The average molecular weight is 439 g/mol. The summed E-state index contributed by atoms with van der Waals surface area (Å²) in [7, 11) is -3.71. The van der Waals surface area contributed by atoms with Gasteiger partial charge in [-0.3, -0.25) is 4.72 Å². The maximum atomic E-state index is 13.0. The van der Waals surface area contributed by atoms with E-state index in [1.807, 2.05) is 52.8 Å². The monoisotopic (exact) mass is 438 g/mol. The lowest BCUT2D eigenvalue weighted by molar-refractivity contribution is 0.599. The van der Waals surface area contributed by atoms with Gasteiger partial charge in [-0.05, 0) is 80.6 Å². The van der Waals surface area contributed by atoms with Crippen LogP contribution >= 0.6 is 27.3 Å². The number of thiazole rings is 1. The Morgan fingerprint density at radius 3 is 2.12 bits per heavy atom. The fraction of sp³-hybridized carbons (Fsp3) is 0.278. The number of hydrogen-bond donors (Lipinski definition) is 1. The minimum absolute atomic E-state index is 0.355. The van der Waals surface area contributed by atoms with Crippen molar-refractivity contribution in [3.63, 3.8) is 0 Å². The van der Waals surface area contributed by atoms with Crippen LogP contribution in [0.5, 0.6) is 0 Å². The first kappa shape index (κ1) is 18.4. The molecule has 0 atom stereocenters. The van der Waals surface area contributed by atoms with E-state index >= 15 is 0 Å². The van der Waals surface area contributed by atoms with Gasteiger partial charge in [-0.25, -0.2) is 13.4 Å². The smallest absolute Gasteiger partial charge is 0.255 e. The molecule has 0 saturated heterocycles. The molecule has 0 radical (unpaired) electrons. The Hall–Kier alpha value is -1.44. The second-order valence-corrected chi connectivity index (χ2v) is 9.76. The summed E-state index contributed by atoms with van der Waals surface area (Å²) in [4.78, 5) is 4.75.